The van der Waals surface area contributed by atoms with Crippen LogP contribution in [0.4, 0.5) is 0 Å². The van der Waals surface area contributed by atoms with Gasteiger partial charge in [0.05, 0.1) is 11.4 Å². The van der Waals surface area contributed by atoms with Crippen molar-refractivity contribution in [1.82, 2.24) is 24.6 Å². The number of nitrogens with one attached hydrogen (secondary N) is 1. The number of aromatic nitrogens is 3. The highest BCUT2D eigenvalue weighted by Gasteiger charge is 2.27. The number of hydrogen-bond donors (Lipinski definition) is 1. The lowest BCUT2D eigenvalue weighted by molar-refractivity contribution is 0.0908. The van der Waals surface area contributed by atoms with Crippen LogP contribution < -0.4 is 5.32 Å². The van der Waals surface area contributed by atoms with Crippen molar-refractivity contribution in [2.75, 3.05) is 13.1 Å². The lowest BCUT2D eigenvalue weighted by Gasteiger charge is -2.32. The molecule has 1 aliphatic rings. The summed E-state index contributed by atoms with van der Waals surface area (Å²) in [6.07, 6.45) is 5.81. The fourth-order valence-corrected chi connectivity index (χ4v) is 4.77. The molecule has 2 aromatic heterocycles. The average molecular weight is 454 g/mol. The largest absolute Gasteiger partial charge is 0.349 e. The Balaban J connectivity index is 1.34. The second-order valence-electron chi connectivity index (χ2n) is 9.13. The number of carbonyl (C=O) groups is 1. The molecule has 3 heterocycles. The highest BCUT2D eigenvalue weighted by atomic mass is 16.1. The van der Waals surface area contributed by atoms with E-state index in [-0.39, 0.29) is 11.9 Å². The van der Waals surface area contributed by atoms with Gasteiger partial charge < -0.3 is 9.88 Å². The van der Waals surface area contributed by atoms with Gasteiger partial charge in [-0.3, -0.25) is 9.69 Å². The molecule has 174 valence electrons. The molecular formula is C28H31N5O. The van der Waals surface area contributed by atoms with E-state index in [1.54, 1.807) is 0 Å². The topological polar surface area (TPSA) is 55.1 Å². The average Bonchev–Trinajstić information content (AvgIpc) is 3.49. The van der Waals surface area contributed by atoms with Crippen molar-refractivity contribution in [3.05, 3.63) is 102 Å². The van der Waals surface area contributed by atoms with E-state index in [0.29, 0.717) is 5.56 Å². The molecule has 0 spiro atoms. The molecule has 1 N–H and O–H groups in total. The molecule has 6 heteroatoms. The Morgan fingerprint density at radius 2 is 1.71 bits per heavy atom. The van der Waals surface area contributed by atoms with Crippen LogP contribution in [-0.2, 0) is 6.54 Å². The van der Waals surface area contributed by atoms with Gasteiger partial charge in [-0.25, -0.2) is 4.68 Å². The van der Waals surface area contributed by atoms with Crippen LogP contribution in [0.3, 0.4) is 0 Å². The van der Waals surface area contributed by atoms with Crippen molar-refractivity contribution >= 4 is 5.91 Å². The summed E-state index contributed by atoms with van der Waals surface area (Å²) in [5.41, 5.74) is 4.78. The molecule has 0 unspecified atom stereocenters. The number of benzene rings is 2. The number of likely N-dealkylation sites (tertiary alicyclic amines) is 1. The van der Waals surface area contributed by atoms with Crippen LogP contribution in [0.25, 0.3) is 11.5 Å². The third-order valence-electron chi connectivity index (χ3n) is 6.53. The highest BCUT2D eigenvalue weighted by Crippen LogP contribution is 2.24. The maximum Gasteiger partial charge on any atom is 0.257 e. The summed E-state index contributed by atoms with van der Waals surface area (Å²) >= 11 is 0. The van der Waals surface area contributed by atoms with Crippen molar-refractivity contribution in [3.63, 3.8) is 0 Å². The summed E-state index contributed by atoms with van der Waals surface area (Å²) in [7, 11) is 0. The molecule has 1 aliphatic heterocycles. The van der Waals surface area contributed by atoms with E-state index in [9.17, 15) is 4.79 Å². The zero-order chi connectivity index (χ0) is 23.5. The van der Waals surface area contributed by atoms with Gasteiger partial charge in [0, 0.05) is 38.1 Å². The van der Waals surface area contributed by atoms with Gasteiger partial charge in [-0.1, -0.05) is 42.5 Å². The summed E-state index contributed by atoms with van der Waals surface area (Å²) in [5.74, 6) is 0.716. The Morgan fingerprint density at radius 1 is 0.971 bits per heavy atom. The summed E-state index contributed by atoms with van der Waals surface area (Å²) in [6, 6.07) is 22.9. The molecule has 0 atom stereocenters. The van der Waals surface area contributed by atoms with Gasteiger partial charge in [0.15, 0.2) is 5.82 Å². The minimum Gasteiger partial charge on any atom is -0.349 e. The van der Waals surface area contributed by atoms with Crippen LogP contribution in [0.1, 0.15) is 40.0 Å². The fraction of sp³-hybridized carbons (Fsp3) is 0.286. The predicted molar refractivity (Wildman–Crippen MR) is 135 cm³/mol. The summed E-state index contributed by atoms with van der Waals surface area (Å²) < 4.78 is 3.85. The molecule has 0 bridgehead atoms. The zero-order valence-electron chi connectivity index (χ0n) is 19.8. The van der Waals surface area contributed by atoms with Crippen LogP contribution in [0.5, 0.6) is 0 Å². The Labute approximate surface area is 200 Å². The Morgan fingerprint density at radius 3 is 2.41 bits per heavy atom. The molecule has 0 aliphatic carbocycles. The monoisotopic (exact) mass is 453 g/mol. The number of rotatable bonds is 6. The molecule has 1 fully saturated rings. The standard InChI is InChI=1S/C28H31N5O/c1-21-9-8-12-25(19-21)33-28(32-15-6-7-16-32)26(22(2)30-33)27(34)29-24-13-17-31(18-14-24)20-23-10-4-3-5-11-23/h3-12,15-16,19,24H,13-14,17-18,20H2,1-2H3,(H,29,34). The number of hydrogen-bond acceptors (Lipinski definition) is 3. The van der Waals surface area contributed by atoms with Crippen LogP contribution in [0.2, 0.25) is 0 Å². The number of aryl methyl sites for hydroxylation is 2. The van der Waals surface area contributed by atoms with Crippen molar-refractivity contribution in [2.45, 2.75) is 39.3 Å². The third kappa shape index (κ3) is 4.68. The van der Waals surface area contributed by atoms with Crippen LogP contribution >= 0.6 is 0 Å². The fourth-order valence-electron chi connectivity index (χ4n) is 4.77. The molecule has 0 radical (unpaired) electrons. The van der Waals surface area contributed by atoms with E-state index in [0.717, 1.165) is 55.2 Å². The van der Waals surface area contributed by atoms with E-state index in [2.05, 4.69) is 59.6 Å². The first-order chi connectivity index (χ1) is 16.6. The molecule has 5 rings (SSSR count). The summed E-state index contributed by atoms with van der Waals surface area (Å²) in [4.78, 5) is 16.0. The second-order valence-corrected chi connectivity index (χ2v) is 9.13. The minimum atomic E-state index is -0.0541. The first kappa shape index (κ1) is 22.2. The number of piperidine rings is 1. The van der Waals surface area contributed by atoms with Crippen LogP contribution in [0, 0.1) is 13.8 Å². The summed E-state index contributed by atoms with van der Waals surface area (Å²) in [6.45, 7) is 6.89. The molecule has 6 nitrogen and oxygen atoms in total. The Hall–Kier alpha value is -3.64. The maximum atomic E-state index is 13.5. The zero-order valence-corrected chi connectivity index (χ0v) is 19.8. The molecule has 1 saturated heterocycles. The van der Waals surface area contributed by atoms with E-state index < -0.39 is 0 Å². The molecule has 34 heavy (non-hydrogen) atoms. The van der Waals surface area contributed by atoms with Crippen LogP contribution in [-0.4, -0.2) is 44.3 Å². The highest BCUT2D eigenvalue weighted by molar-refractivity contribution is 5.98. The first-order valence-corrected chi connectivity index (χ1v) is 12.0. The van der Waals surface area contributed by atoms with E-state index >= 15 is 0 Å². The van der Waals surface area contributed by atoms with Gasteiger partial charge in [0.25, 0.3) is 5.91 Å². The smallest absolute Gasteiger partial charge is 0.257 e. The molecule has 4 aromatic rings. The van der Waals surface area contributed by atoms with E-state index in [4.69, 9.17) is 5.10 Å². The van der Waals surface area contributed by atoms with Crippen molar-refractivity contribution in [1.29, 1.82) is 0 Å². The Bertz CT molecular complexity index is 1250. The lowest BCUT2D eigenvalue weighted by atomic mass is 10.0. The molecule has 1 amide bonds. The maximum absolute atomic E-state index is 13.5. The molecule has 0 saturated carbocycles. The third-order valence-corrected chi connectivity index (χ3v) is 6.53. The SMILES string of the molecule is Cc1cccc(-n2nc(C)c(C(=O)NC3CCN(Cc4ccccc4)CC3)c2-n2cccc2)c1. The van der Waals surface area contributed by atoms with Gasteiger partial charge in [-0.15, -0.1) is 0 Å². The lowest BCUT2D eigenvalue weighted by Crippen LogP contribution is -2.44. The van der Waals surface area contributed by atoms with Gasteiger partial charge >= 0.3 is 0 Å². The first-order valence-electron chi connectivity index (χ1n) is 12.0. The van der Waals surface area contributed by atoms with E-state index in [1.807, 2.05) is 52.8 Å². The predicted octanol–water partition coefficient (Wildman–Crippen LogP) is 4.67. The number of nitrogens with zero attached hydrogens (tertiary/aromatic N) is 4. The quantitative estimate of drug-likeness (QED) is 0.461. The van der Waals surface area contributed by atoms with Gasteiger partial charge in [-0.2, -0.15) is 5.10 Å². The minimum absolute atomic E-state index is 0.0541. The van der Waals surface area contributed by atoms with Gasteiger partial charge in [-0.05, 0) is 62.1 Å². The Kier molecular flexibility index (Phi) is 6.32. The van der Waals surface area contributed by atoms with Gasteiger partial charge in [0.2, 0.25) is 0 Å². The van der Waals surface area contributed by atoms with Crippen molar-refractivity contribution in [3.8, 4) is 11.5 Å². The van der Waals surface area contributed by atoms with Gasteiger partial charge in [0.1, 0.15) is 5.56 Å². The molecule has 2 aromatic carbocycles. The van der Waals surface area contributed by atoms with E-state index in [1.165, 1.54) is 5.56 Å². The number of amides is 1. The number of carbonyl (C=O) groups excluding carboxylic acids is 1. The second kappa shape index (κ2) is 9.69. The van der Waals surface area contributed by atoms with Crippen LogP contribution in [0.15, 0.2) is 79.1 Å². The summed E-state index contributed by atoms with van der Waals surface area (Å²) in [5, 5.41) is 8.08. The molecular weight excluding hydrogens is 422 g/mol. The van der Waals surface area contributed by atoms with Crippen molar-refractivity contribution < 1.29 is 4.79 Å². The normalized spacial score (nSPS) is 14.9. The van der Waals surface area contributed by atoms with Crippen molar-refractivity contribution in [2.24, 2.45) is 0 Å².